The quantitative estimate of drug-likeness (QED) is 0.762. The Balaban J connectivity index is 1.90. The van der Waals surface area contributed by atoms with Gasteiger partial charge < -0.3 is 4.90 Å². The summed E-state index contributed by atoms with van der Waals surface area (Å²) in [5.74, 6) is 0.892. The molecule has 88 valence electrons. The van der Waals surface area contributed by atoms with E-state index in [1.807, 2.05) is 6.07 Å². The molecule has 1 aliphatic heterocycles. The standard InChI is InChI=1S/C15H13N3/c16-10-12-5-7-17-15(9-12)18-8-6-13-3-1-2-4-14(13)11-18/h1-5,7,9H,6,8,11H2. The molecule has 0 fully saturated rings. The van der Waals surface area contributed by atoms with Crippen LogP contribution in [0.1, 0.15) is 16.7 Å². The molecule has 0 spiro atoms. The van der Waals surface area contributed by atoms with E-state index in [9.17, 15) is 0 Å². The highest BCUT2D eigenvalue weighted by molar-refractivity contribution is 5.47. The monoisotopic (exact) mass is 235 g/mol. The molecule has 0 N–H and O–H groups in total. The molecular weight excluding hydrogens is 222 g/mol. The van der Waals surface area contributed by atoms with Gasteiger partial charge in [-0.25, -0.2) is 4.98 Å². The van der Waals surface area contributed by atoms with Gasteiger partial charge in [0.25, 0.3) is 0 Å². The summed E-state index contributed by atoms with van der Waals surface area (Å²) < 4.78 is 0. The zero-order chi connectivity index (χ0) is 12.4. The highest BCUT2D eigenvalue weighted by Crippen LogP contribution is 2.23. The Bertz CT molecular complexity index is 613. The number of rotatable bonds is 1. The third-order valence-electron chi connectivity index (χ3n) is 3.33. The second-order valence-electron chi connectivity index (χ2n) is 4.45. The Morgan fingerprint density at radius 3 is 2.83 bits per heavy atom. The van der Waals surface area contributed by atoms with Crippen molar-refractivity contribution in [1.82, 2.24) is 4.98 Å². The van der Waals surface area contributed by atoms with E-state index in [0.717, 1.165) is 25.3 Å². The minimum absolute atomic E-state index is 0.666. The number of hydrogen-bond acceptors (Lipinski definition) is 3. The van der Waals surface area contributed by atoms with Gasteiger partial charge in [0.2, 0.25) is 0 Å². The van der Waals surface area contributed by atoms with Crippen LogP contribution >= 0.6 is 0 Å². The average Bonchev–Trinajstić information content (AvgIpc) is 2.47. The largest absolute Gasteiger partial charge is 0.352 e. The van der Waals surface area contributed by atoms with Crippen LogP contribution in [-0.2, 0) is 13.0 Å². The van der Waals surface area contributed by atoms with E-state index >= 15 is 0 Å². The fourth-order valence-corrected chi connectivity index (χ4v) is 2.35. The molecule has 0 atom stereocenters. The van der Waals surface area contributed by atoms with Gasteiger partial charge in [-0.15, -0.1) is 0 Å². The third kappa shape index (κ3) is 1.93. The summed E-state index contributed by atoms with van der Waals surface area (Å²) in [5.41, 5.74) is 3.44. The Kier molecular flexibility index (Phi) is 2.70. The third-order valence-corrected chi connectivity index (χ3v) is 3.33. The molecule has 3 heteroatoms. The van der Waals surface area contributed by atoms with Crippen LogP contribution in [-0.4, -0.2) is 11.5 Å². The number of pyridine rings is 1. The van der Waals surface area contributed by atoms with Gasteiger partial charge in [0.1, 0.15) is 5.82 Å². The van der Waals surface area contributed by atoms with Gasteiger partial charge in [-0.3, -0.25) is 0 Å². The molecule has 1 aromatic heterocycles. The number of benzene rings is 1. The van der Waals surface area contributed by atoms with Crippen molar-refractivity contribution in [3.8, 4) is 6.07 Å². The van der Waals surface area contributed by atoms with Gasteiger partial charge in [0.05, 0.1) is 11.6 Å². The second kappa shape index (κ2) is 4.50. The van der Waals surface area contributed by atoms with Gasteiger partial charge >= 0.3 is 0 Å². The molecule has 18 heavy (non-hydrogen) atoms. The highest BCUT2D eigenvalue weighted by atomic mass is 15.2. The number of nitriles is 1. The SMILES string of the molecule is N#Cc1ccnc(N2CCc3ccccc3C2)c1. The smallest absolute Gasteiger partial charge is 0.130 e. The summed E-state index contributed by atoms with van der Waals surface area (Å²) in [4.78, 5) is 6.58. The maximum Gasteiger partial charge on any atom is 0.130 e. The summed E-state index contributed by atoms with van der Waals surface area (Å²) in [6.45, 7) is 1.83. The summed E-state index contributed by atoms with van der Waals surface area (Å²) in [7, 11) is 0. The van der Waals surface area contributed by atoms with Crippen LogP contribution in [0.2, 0.25) is 0 Å². The van der Waals surface area contributed by atoms with Gasteiger partial charge in [0.15, 0.2) is 0 Å². The van der Waals surface area contributed by atoms with E-state index in [0.29, 0.717) is 5.56 Å². The lowest BCUT2D eigenvalue weighted by atomic mass is 10.00. The minimum atomic E-state index is 0.666. The first-order valence-corrected chi connectivity index (χ1v) is 6.05. The molecule has 0 aliphatic carbocycles. The summed E-state index contributed by atoms with van der Waals surface area (Å²) >= 11 is 0. The second-order valence-corrected chi connectivity index (χ2v) is 4.45. The normalized spacial score (nSPS) is 13.8. The molecule has 1 aromatic carbocycles. The lowest BCUT2D eigenvalue weighted by Crippen LogP contribution is -2.30. The zero-order valence-corrected chi connectivity index (χ0v) is 10.0. The molecule has 3 rings (SSSR count). The zero-order valence-electron chi connectivity index (χ0n) is 10.0. The van der Waals surface area contributed by atoms with Gasteiger partial charge in [0, 0.05) is 19.3 Å². The highest BCUT2D eigenvalue weighted by Gasteiger charge is 2.16. The van der Waals surface area contributed by atoms with E-state index in [4.69, 9.17) is 5.26 Å². The van der Waals surface area contributed by atoms with Crippen molar-refractivity contribution in [2.24, 2.45) is 0 Å². The molecule has 0 saturated heterocycles. The van der Waals surface area contributed by atoms with Crippen molar-refractivity contribution in [3.05, 3.63) is 59.3 Å². The lowest BCUT2D eigenvalue weighted by molar-refractivity contribution is 0.721. The van der Waals surface area contributed by atoms with E-state index < -0.39 is 0 Å². The summed E-state index contributed by atoms with van der Waals surface area (Å²) in [5, 5.41) is 8.92. The van der Waals surface area contributed by atoms with Crippen LogP contribution in [0, 0.1) is 11.3 Å². The minimum Gasteiger partial charge on any atom is -0.352 e. The fraction of sp³-hybridized carbons (Fsp3) is 0.200. The molecule has 0 amide bonds. The number of anilines is 1. The number of hydrogen-bond donors (Lipinski definition) is 0. The molecular formula is C15H13N3. The van der Waals surface area contributed by atoms with Crippen LogP contribution in [0.3, 0.4) is 0 Å². The van der Waals surface area contributed by atoms with Crippen molar-refractivity contribution in [3.63, 3.8) is 0 Å². The van der Waals surface area contributed by atoms with Crippen LogP contribution in [0.25, 0.3) is 0 Å². The molecule has 0 unspecified atom stereocenters. The maximum atomic E-state index is 8.92. The first-order chi connectivity index (χ1) is 8.86. The van der Waals surface area contributed by atoms with Crippen LogP contribution in [0.5, 0.6) is 0 Å². The lowest BCUT2D eigenvalue weighted by Gasteiger charge is -2.29. The fourth-order valence-electron chi connectivity index (χ4n) is 2.35. The van der Waals surface area contributed by atoms with Crippen molar-refractivity contribution in [2.75, 3.05) is 11.4 Å². The number of aromatic nitrogens is 1. The number of nitrogens with zero attached hydrogens (tertiary/aromatic N) is 3. The van der Waals surface area contributed by atoms with E-state index in [1.54, 1.807) is 12.3 Å². The molecule has 1 aliphatic rings. The topological polar surface area (TPSA) is 39.9 Å². The predicted molar refractivity (Wildman–Crippen MR) is 70.1 cm³/mol. The van der Waals surface area contributed by atoms with E-state index in [-0.39, 0.29) is 0 Å². The van der Waals surface area contributed by atoms with E-state index in [2.05, 4.69) is 40.2 Å². The average molecular weight is 235 g/mol. The summed E-state index contributed by atoms with van der Waals surface area (Å²) in [6, 6.07) is 14.3. The Morgan fingerprint density at radius 2 is 2.00 bits per heavy atom. The van der Waals surface area contributed by atoms with Crippen LogP contribution in [0.4, 0.5) is 5.82 Å². The molecule has 2 heterocycles. The molecule has 0 radical (unpaired) electrons. The van der Waals surface area contributed by atoms with E-state index in [1.165, 1.54) is 11.1 Å². The first-order valence-electron chi connectivity index (χ1n) is 6.05. The van der Waals surface area contributed by atoms with Gasteiger partial charge in [-0.1, -0.05) is 24.3 Å². The maximum absolute atomic E-state index is 8.92. The molecule has 3 nitrogen and oxygen atoms in total. The van der Waals surface area contributed by atoms with Crippen molar-refractivity contribution < 1.29 is 0 Å². The Morgan fingerprint density at radius 1 is 1.17 bits per heavy atom. The predicted octanol–water partition coefficient (Wildman–Crippen LogP) is 2.52. The van der Waals surface area contributed by atoms with Crippen LogP contribution in [0.15, 0.2) is 42.6 Å². The Labute approximate surface area is 106 Å². The molecule has 2 aromatic rings. The van der Waals surface area contributed by atoms with Crippen molar-refractivity contribution in [1.29, 1.82) is 5.26 Å². The molecule has 0 bridgehead atoms. The first kappa shape index (κ1) is 10.8. The Hall–Kier alpha value is -2.34. The van der Waals surface area contributed by atoms with Crippen molar-refractivity contribution in [2.45, 2.75) is 13.0 Å². The van der Waals surface area contributed by atoms with Crippen molar-refractivity contribution >= 4 is 5.82 Å². The molecule has 0 saturated carbocycles. The van der Waals surface area contributed by atoms with Crippen LogP contribution < -0.4 is 4.90 Å². The number of fused-ring (bicyclic) bond motifs is 1. The van der Waals surface area contributed by atoms with Gasteiger partial charge in [-0.2, -0.15) is 5.26 Å². The van der Waals surface area contributed by atoms with Gasteiger partial charge in [-0.05, 0) is 29.7 Å². The summed E-state index contributed by atoms with van der Waals surface area (Å²) in [6.07, 6.45) is 2.74.